The number of allylic oxidation sites excluding steroid dienone is 3. The summed E-state index contributed by atoms with van der Waals surface area (Å²) in [5.74, 6) is -1.38. The molecule has 2 N–H and O–H groups in total. The van der Waals surface area contributed by atoms with E-state index >= 15 is 0 Å². The van der Waals surface area contributed by atoms with E-state index in [1.807, 2.05) is 33.9 Å². The number of fused-ring (bicyclic) bond motifs is 5. The van der Waals surface area contributed by atoms with Crippen molar-refractivity contribution in [2.45, 2.75) is 147 Å². The Kier molecular flexibility index (Phi) is 17.5. The topological polar surface area (TPSA) is 177 Å². The standard InChI is InChI=1S/C47H71ClN4O11S/c1-28-16-15-17-35(60-14)47(58)26-34(61-43(57)49-47)29(2)41-46(9,63-41)36(25-38(54)52(12)32-23-31(22-28)24-33(59-13)40(32)48)62-42(56)30(3)51(11)37(53)18-19-45(7,8)64-27-39(55)50(10)21-20-44(4,5)6/h15-17,23-24,29-30,34-36,41,58H,18-22,25-27H2,1-14H3,(H,49,57)/b17-15+,28-16+/t29-,30+,34+,35-,36+,41+,46?,47+/m1/s1. The highest BCUT2D eigenvalue weighted by Gasteiger charge is 2.64. The van der Waals surface area contributed by atoms with Gasteiger partial charge in [-0.15, -0.1) is 11.8 Å². The molecule has 0 saturated carbocycles. The molecule has 3 heterocycles. The number of hydrogen-bond acceptors (Lipinski definition) is 12. The van der Waals surface area contributed by atoms with Gasteiger partial charge in [0.15, 0.2) is 5.72 Å². The lowest BCUT2D eigenvalue weighted by molar-refractivity contribution is -0.162. The van der Waals surface area contributed by atoms with Gasteiger partial charge in [-0.1, -0.05) is 76.9 Å². The molecule has 1 aromatic rings. The van der Waals surface area contributed by atoms with Gasteiger partial charge < -0.3 is 43.5 Å². The van der Waals surface area contributed by atoms with Gasteiger partial charge in [0.05, 0.1) is 31.1 Å². The number of epoxide rings is 1. The van der Waals surface area contributed by atoms with E-state index in [0.717, 1.165) is 17.6 Å². The average Bonchev–Trinajstić information content (AvgIpc) is 3.92. The summed E-state index contributed by atoms with van der Waals surface area (Å²) in [6.45, 7) is 18.1. The molecule has 358 valence electrons. The number of anilines is 1. The minimum atomic E-state index is -1.85. The number of amides is 4. The van der Waals surface area contributed by atoms with Crippen molar-refractivity contribution in [2.24, 2.45) is 11.3 Å². The van der Waals surface area contributed by atoms with Crippen LogP contribution in [-0.2, 0) is 44.5 Å². The minimum Gasteiger partial charge on any atom is -0.495 e. The molecule has 1 aromatic carbocycles. The molecular formula is C47H71ClN4O11S. The zero-order chi connectivity index (χ0) is 48.1. The van der Waals surface area contributed by atoms with Crippen LogP contribution in [0, 0.1) is 11.3 Å². The number of nitrogens with one attached hydrogen (secondary N) is 1. The molecule has 4 amide bonds. The average molecular weight is 936 g/mol. The second-order valence-corrected chi connectivity index (χ2v) is 21.6. The zero-order valence-electron chi connectivity index (χ0n) is 40.2. The molecule has 17 heteroatoms. The third-order valence-electron chi connectivity index (χ3n) is 12.7. The van der Waals surface area contributed by atoms with Gasteiger partial charge in [0.2, 0.25) is 17.7 Å². The van der Waals surface area contributed by atoms with E-state index in [2.05, 4.69) is 26.1 Å². The van der Waals surface area contributed by atoms with Crippen LogP contribution in [0.25, 0.3) is 0 Å². The smallest absolute Gasteiger partial charge is 0.409 e. The van der Waals surface area contributed by atoms with E-state index in [9.17, 15) is 29.1 Å². The summed E-state index contributed by atoms with van der Waals surface area (Å²) in [5.41, 5.74) is -0.896. The number of benzene rings is 1. The molecule has 3 aliphatic rings. The third-order valence-corrected chi connectivity index (χ3v) is 14.4. The first-order valence-electron chi connectivity index (χ1n) is 21.9. The zero-order valence-corrected chi connectivity index (χ0v) is 41.7. The van der Waals surface area contributed by atoms with Crippen LogP contribution in [0.4, 0.5) is 10.5 Å². The second-order valence-electron chi connectivity index (χ2n) is 19.6. The van der Waals surface area contributed by atoms with Crippen LogP contribution in [-0.4, -0.2) is 139 Å². The van der Waals surface area contributed by atoms with Gasteiger partial charge in [0.25, 0.3) is 0 Å². The molecular weight excluding hydrogens is 864 g/mol. The number of esters is 1. The van der Waals surface area contributed by atoms with Crippen molar-refractivity contribution < 1.29 is 52.8 Å². The maximum Gasteiger partial charge on any atom is 0.409 e. The Balaban J connectivity index is 1.58. The van der Waals surface area contributed by atoms with E-state index < -0.39 is 70.4 Å². The Hall–Kier alpha value is -3.83. The van der Waals surface area contributed by atoms with Gasteiger partial charge in [0, 0.05) is 58.3 Å². The van der Waals surface area contributed by atoms with Gasteiger partial charge in [-0.2, -0.15) is 0 Å². The predicted octanol–water partition coefficient (Wildman–Crippen LogP) is 6.70. The highest BCUT2D eigenvalue weighted by atomic mass is 35.5. The SMILES string of the molecule is COc1cc2cc(c1Cl)N(C)C(=O)C[C@H](OC(=O)[C@H](C)N(C)C(=O)CCC(C)(C)SCC(=O)N(C)CCC(C)(C)C)C1(C)O[C@H]1[C@H](C)[C@@H]1C[C@@](O)(NC(=O)O1)[C@H](OC)/C=C/C=C(\C)C2. The Bertz CT molecular complexity index is 1950. The first kappa shape index (κ1) is 52.8. The van der Waals surface area contributed by atoms with Gasteiger partial charge in [-0.3, -0.25) is 19.7 Å². The van der Waals surface area contributed by atoms with E-state index in [0.29, 0.717) is 30.8 Å². The predicted molar refractivity (Wildman–Crippen MR) is 248 cm³/mol. The number of methoxy groups -OCH3 is 2. The number of likely N-dealkylation sites (N-methyl/N-ethyl adjacent to an activating group) is 1. The van der Waals surface area contributed by atoms with Gasteiger partial charge in [-0.25, -0.2) is 9.59 Å². The lowest BCUT2D eigenvalue weighted by Gasteiger charge is -2.42. The second kappa shape index (κ2) is 21.2. The minimum absolute atomic E-state index is 0.0288. The summed E-state index contributed by atoms with van der Waals surface area (Å²) in [6, 6.07) is 2.54. The summed E-state index contributed by atoms with van der Waals surface area (Å²) >= 11 is 8.31. The van der Waals surface area contributed by atoms with Crippen LogP contribution in [0.3, 0.4) is 0 Å². The number of ether oxygens (including phenoxy) is 5. The molecule has 64 heavy (non-hydrogen) atoms. The number of aliphatic hydroxyl groups is 1. The van der Waals surface area contributed by atoms with Crippen molar-refractivity contribution in [3.63, 3.8) is 0 Å². The van der Waals surface area contributed by atoms with Crippen LogP contribution < -0.4 is 15.0 Å². The van der Waals surface area contributed by atoms with Crippen molar-refractivity contribution in [3.05, 3.63) is 46.5 Å². The molecule has 3 aliphatic heterocycles. The molecule has 8 atom stereocenters. The molecule has 0 spiro atoms. The summed E-state index contributed by atoms with van der Waals surface area (Å²) in [6.07, 6.45) is 2.21. The molecule has 0 aliphatic carbocycles. The first-order chi connectivity index (χ1) is 29.6. The fourth-order valence-electron chi connectivity index (χ4n) is 7.87. The summed E-state index contributed by atoms with van der Waals surface area (Å²) in [5, 5.41) is 14.6. The Morgan fingerprint density at radius 2 is 1.78 bits per heavy atom. The number of nitrogens with zero attached hydrogens (tertiary/aromatic N) is 3. The van der Waals surface area contributed by atoms with Crippen molar-refractivity contribution in [1.29, 1.82) is 0 Å². The molecule has 4 bridgehead atoms. The summed E-state index contributed by atoms with van der Waals surface area (Å²) in [7, 11) is 7.83. The van der Waals surface area contributed by atoms with E-state index in [1.54, 1.807) is 57.0 Å². The Morgan fingerprint density at radius 3 is 2.41 bits per heavy atom. The summed E-state index contributed by atoms with van der Waals surface area (Å²) in [4.78, 5) is 72.3. The Labute approximate surface area is 388 Å². The number of alkyl carbamates (subject to hydrolysis) is 1. The summed E-state index contributed by atoms with van der Waals surface area (Å²) < 4.78 is 29.1. The lowest BCUT2D eigenvalue weighted by Crippen LogP contribution is -2.63. The highest BCUT2D eigenvalue weighted by Crippen LogP contribution is 2.49. The fraction of sp³-hybridized carbons (Fsp3) is 0.681. The lowest BCUT2D eigenvalue weighted by atomic mass is 9.83. The highest BCUT2D eigenvalue weighted by molar-refractivity contribution is 8.01. The van der Waals surface area contributed by atoms with Crippen LogP contribution in [0.1, 0.15) is 100.0 Å². The molecule has 4 rings (SSSR count). The fourth-order valence-corrected chi connectivity index (χ4v) is 9.16. The van der Waals surface area contributed by atoms with Crippen molar-refractivity contribution in [3.8, 4) is 5.75 Å². The molecule has 0 aromatic heterocycles. The van der Waals surface area contributed by atoms with E-state index in [1.165, 1.54) is 42.8 Å². The number of carbonyl (C=O) groups excluding carboxylic acids is 5. The first-order valence-corrected chi connectivity index (χ1v) is 23.2. The number of halogens is 1. The van der Waals surface area contributed by atoms with Gasteiger partial charge in [0.1, 0.15) is 40.7 Å². The van der Waals surface area contributed by atoms with Gasteiger partial charge in [-0.05, 0) is 63.1 Å². The maximum absolute atomic E-state index is 14.3. The number of hydrogen-bond donors (Lipinski definition) is 2. The van der Waals surface area contributed by atoms with Crippen molar-refractivity contribution in [1.82, 2.24) is 15.1 Å². The van der Waals surface area contributed by atoms with Crippen LogP contribution in [0.15, 0.2) is 35.9 Å². The molecule has 1 unspecified atom stereocenters. The number of rotatable bonds is 13. The number of carbonyl (C=O) groups is 5. The molecule has 15 nitrogen and oxygen atoms in total. The monoisotopic (exact) mass is 934 g/mol. The van der Waals surface area contributed by atoms with Crippen LogP contribution in [0.5, 0.6) is 5.75 Å². The normalized spacial score (nSPS) is 28.3. The van der Waals surface area contributed by atoms with Gasteiger partial charge >= 0.3 is 12.1 Å². The maximum atomic E-state index is 14.3. The van der Waals surface area contributed by atoms with E-state index in [4.69, 9.17) is 35.3 Å². The van der Waals surface area contributed by atoms with Crippen LogP contribution in [0.2, 0.25) is 5.02 Å². The van der Waals surface area contributed by atoms with Crippen LogP contribution >= 0.6 is 23.4 Å². The number of thioether (sulfide) groups is 1. The Morgan fingerprint density at radius 1 is 1.11 bits per heavy atom. The molecule has 2 saturated heterocycles. The largest absolute Gasteiger partial charge is 0.495 e. The molecule has 0 radical (unpaired) electrons. The van der Waals surface area contributed by atoms with Crippen molar-refractivity contribution >= 4 is 58.8 Å². The van der Waals surface area contributed by atoms with Crippen molar-refractivity contribution in [2.75, 3.05) is 52.6 Å². The van der Waals surface area contributed by atoms with E-state index in [-0.39, 0.29) is 47.3 Å². The molecule has 2 fully saturated rings. The quantitative estimate of drug-likeness (QED) is 0.158. The third kappa shape index (κ3) is 13.4.